The second-order valence-corrected chi connectivity index (χ2v) is 2.98. The summed E-state index contributed by atoms with van der Waals surface area (Å²) >= 11 is 0. The molecule has 13 heavy (non-hydrogen) atoms. The van der Waals surface area contributed by atoms with Crippen molar-refractivity contribution in [3.63, 3.8) is 0 Å². The number of aromatic nitrogens is 1. The van der Waals surface area contributed by atoms with Crippen LogP contribution in [0.2, 0.25) is 0 Å². The van der Waals surface area contributed by atoms with Crippen LogP contribution in [0.4, 0.5) is 0 Å². The van der Waals surface area contributed by atoms with Crippen molar-refractivity contribution < 1.29 is 0 Å². The van der Waals surface area contributed by atoms with Crippen molar-refractivity contribution in [2.75, 3.05) is 0 Å². The second kappa shape index (κ2) is 4.58. The van der Waals surface area contributed by atoms with E-state index in [2.05, 4.69) is 18.0 Å². The number of nitrogens with two attached hydrogens (primary N) is 1. The molecule has 1 aromatic rings. The van der Waals surface area contributed by atoms with E-state index in [0.717, 1.165) is 18.5 Å². The molecule has 0 saturated carbocycles. The van der Waals surface area contributed by atoms with Crippen LogP contribution in [0.25, 0.3) is 0 Å². The zero-order valence-electron chi connectivity index (χ0n) is 7.70. The molecule has 1 aromatic heterocycles. The number of hydrogen-bond acceptors (Lipinski definition) is 3. The summed E-state index contributed by atoms with van der Waals surface area (Å²) in [4.78, 5) is 4.13. The Morgan fingerprint density at radius 2 is 2.46 bits per heavy atom. The standard InChI is InChI=1S/C10H13N3/c1-2-3-9(12)10-6-8(7-11)4-5-13-10/h4-6,9H,2-3,12H2,1H3/t9-/m1/s1. The minimum Gasteiger partial charge on any atom is -0.323 e. The van der Waals surface area contributed by atoms with Crippen molar-refractivity contribution in [3.8, 4) is 6.07 Å². The van der Waals surface area contributed by atoms with E-state index in [1.54, 1.807) is 18.3 Å². The van der Waals surface area contributed by atoms with Crippen LogP contribution in [0, 0.1) is 11.3 Å². The number of nitriles is 1. The highest BCUT2D eigenvalue weighted by Crippen LogP contribution is 2.13. The van der Waals surface area contributed by atoms with E-state index in [0.29, 0.717) is 5.56 Å². The van der Waals surface area contributed by atoms with Crippen molar-refractivity contribution in [3.05, 3.63) is 29.6 Å². The average Bonchev–Trinajstić information content (AvgIpc) is 2.18. The normalized spacial score (nSPS) is 12.1. The van der Waals surface area contributed by atoms with E-state index in [1.807, 2.05) is 0 Å². The molecule has 0 aliphatic carbocycles. The number of hydrogen-bond donors (Lipinski definition) is 1. The lowest BCUT2D eigenvalue weighted by Crippen LogP contribution is -2.11. The number of pyridine rings is 1. The Kier molecular flexibility index (Phi) is 3.41. The Hall–Kier alpha value is -1.40. The fourth-order valence-corrected chi connectivity index (χ4v) is 1.18. The van der Waals surface area contributed by atoms with Gasteiger partial charge in [0, 0.05) is 12.2 Å². The maximum atomic E-state index is 8.66. The molecule has 0 aliphatic heterocycles. The van der Waals surface area contributed by atoms with Crippen LogP contribution in [0.3, 0.4) is 0 Å². The van der Waals surface area contributed by atoms with Crippen LogP contribution < -0.4 is 5.73 Å². The van der Waals surface area contributed by atoms with E-state index in [-0.39, 0.29) is 6.04 Å². The lowest BCUT2D eigenvalue weighted by Gasteiger charge is -2.08. The Morgan fingerprint density at radius 3 is 3.08 bits per heavy atom. The molecule has 2 N–H and O–H groups in total. The van der Waals surface area contributed by atoms with E-state index >= 15 is 0 Å². The van der Waals surface area contributed by atoms with Crippen molar-refractivity contribution in [2.45, 2.75) is 25.8 Å². The summed E-state index contributed by atoms with van der Waals surface area (Å²) in [6.07, 6.45) is 3.56. The topological polar surface area (TPSA) is 62.7 Å². The Morgan fingerprint density at radius 1 is 1.69 bits per heavy atom. The zero-order chi connectivity index (χ0) is 9.68. The summed E-state index contributed by atoms with van der Waals surface area (Å²) < 4.78 is 0. The molecule has 0 aliphatic rings. The molecule has 0 fully saturated rings. The van der Waals surface area contributed by atoms with Gasteiger partial charge in [-0.25, -0.2) is 0 Å². The second-order valence-electron chi connectivity index (χ2n) is 2.98. The summed E-state index contributed by atoms with van der Waals surface area (Å²) in [6, 6.07) is 5.46. The van der Waals surface area contributed by atoms with Gasteiger partial charge in [-0.1, -0.05) is 13.3 Å². The quantitative estimate of drug-likeness (QED) is 0.761. The summed E-state index contributed by atoms with van der Waals surface area (Å²) in [5.74, 6) is 0. The van der Waals surface area contributed by atoms with Gasteiger partial charge < -0.3 is 5.73 Å². The monoisotopic (exact) mass is 175 g/mol. The minimum atomic E-state index is -0.0432. The zero-order valence-corrected chi connectivity index (χ0v) is 7.70. The molecule has 1 atom stereocenters. The molecule has 0 saturated heterocycles. The molecule has 0 spiro atoms. The van der Waals surface area contributed by atoms with Crippen molar-refractivity contribution in [2.24, 2.45) is 5.73 Å². The highest BCUT2D eigenvalue weighted by Gasteiger charge is 2.06. The molecular formula is C10H13N3. The van der Waals surface area contributed by atoms with Gasteiger partial charge in [0.05, 0.1) is 17.3 Å². The van der Waals surface area contributed by atoms with Gasteiger partial charge in [-0.3, -0.25) is 4.98 Å². The third kappa shape index (κ3) is 2.53. The molecular weight excluding hydrogens is 162 g/mol. The molecule has 0 unspecified atom stereocenters. The first-order valence-corrected chi connectivity index (χ1v) is 4.39. The van der Waals surface area contributed by atoms with Gasteiger partial charge in [-0.05, 0) is 18.6 Å². The third-order valence-corrected chi connectivity index (χ3v) is 1.89. The molecule has 0 aromatic carbocycles. The van der Waals surface area contributed by atoms with E-state index in [9.17, 15) is 0 Å². The molecule has 3 heteroatoms. The van der Waals surface area contributed by atoms with Crippen molar-refractivity contribution in [1.82, 2.24) is 4.98 Å². The van der Waals surface area contributed by atoms with Crippen LogP contribution in [-0.2, 0) is 0 Å². The molecule has 0 amide bonds. The first-order chi connectivity index (χ1) is 6.27. The van der Waals surface area contributed by atoms with Crippen molar-refractivity contribution in [1.29, 1.82) is 5.26 Å². The predicted octanol–water partition coefficient (Wildman–Crippen LogP) is 1.75. The molecule has 3 nitrogen and oxygen atoms in total. The minimum absolute atomic E-state index is 0.0432. The molecule has 1 heterocycles. The van der Waals surface area contributed by atoms with E-state index < -0.39 is 0 Å². The molecule has 68 valence electrons. The molecule has 0 bridgehead atoms. The summed E-state index contributed by atoms with van der Waals surface area (Å²) in [5, 5.41) is 8.66. The van der Waals surface area contributed by atoms with Crippen LogP contribution in [0.15, 0.2) is 18.3 Å². The van der Waals surface area contributed by atoms with Gasteiger partial charge in [-0.15, -0.1) is 0 Å². The van der Waals surface area contributed by atoms with Gasteiger partial charge in [0.2, 0.25) is 0 Å². The summed E-state index contributed by atoms with van der Waals surface area (Å²) in [5.41, 5.74) is 7.29. The van der Waals surface area contributed by atoms with E-state index in [1.165, 1.54) is 0 Å². The Labute approximate surface area is 78.2 Å². The van der Waals surface area contributed by atoms with Gasteiger partial charge in [0.25, 0.3) is 0 Å². The fourth-order valence-electron chi connectivity index (χ4n) is 1.18. The predicted molar refractivity (Wildman–Crippen MR) is 50.8 cm³/mol. The fraction of sp³-hybridized carbons (Fsp3) is 0.400. The SMILES string of the molecule is CCC[C@@H](N)c1cc(C#N)ccn1. The van der Waals surface area contributed by atoms with Crippen LogP contribution in [0.5, 0.6) is 0 Å². The van der Waals surface area contributed by atoms with E-state index in [4.69, 9.17) is 11.0 Å². The lowest BCUT2D eigenvalue weighted by atomic mass is 10.1. The van der Waals surface area contributed by atoms with Crippen LogP contribution in [-0.4, -0.2) is 4.98 Å². The van der Waals surface area contributed by atoms with Crippen molar-refractivity contribution >= 4 is 0 Å². The van der Waals surface area contributed by atoms with Gasteiger partial charge in [0.1, 0.15) is 0 Å². The maximum Gasteiger partial charge on any atom is 0.0992 e. The largest absolute Gasteiger partial charge is 0.323 e. The van der Waals surface area contributed by atoms with Crippen LogP contribution in [0.1, 0.15) is 37.1 Å². The van der Waals surface area contributed by atoms with Crippen LogP contribution >= 0.6 is 0 Å². The number of nitrogens with zero attached hydrogens (tertiary/aromatic N) is 2. The summed E-state index contributed by atoms with van der Waals surface area (Å²) in [7, 11) is 0. The number of rotatable bonds is 3. The lowest BCUT2D eigenvalue weighted by molar-refractivity contribution is 0.621. The first kappa shape index (κ1) is 9.69. The van der Waals surface area contributed by atoms with Gasteiger partial charge in [-0.2, -0.15) is 5.26 Å². The van der Waals surface area contributed by atoms with Gasteiger partial charge >= 0.3 is 0 Å². The first-order valence-electron chi connectivity index (χ1n) is 4.39. The highest BCUT2D eigenvalue weighted by molar-refractivity contribution is 5.29. The van der Waals surface area contributed by atoms with Gasteiger partial charge in [0.15, 0.2) is 0 Å². The highest BCUT2D eigenvalue weighted by atomic mass is 14.8. The molecule has 0 radical (unpaired) electrons. The maximum absolute atomic E-state index is 8.66. The Balaban J connectivity index is 2.83. The molecule has 1 rings (SSSR count). The smallest absolute Gasteiger partial charge is 0.0992 e. The summed E-state index contributed by atoms with van der Waals surface area (Å²) in [6.45, 7) is 2.08. The average molecular weight is 175 g/mol. The Bertz CT molecular complexity index is 314. The third-order valence-electron chi connectivity index (χ3n) is 1.89.